The van der Waals surface area contributed by atoms with Crippen LogP contribution in [0.4, 0.5) is 4.79 Å². The largest absolute Gasteiger partial charge is 0.494 e. The predicted molar refractivity (Wildman–Crippen MR) is 124 cm³/mol. The maximum absolute atomic E-state index is 12.3. The summed E-state index contributed by atoms with van der Waals surface area (Å²) in [6.07, 6.45) is 0.275. The van der Waals surface area contributed by atoms with Gasteiger partial charge in [0.05, 0.1) is 29.4 Å². The molecule has 0 fully saturated rings. The van der Waals surface area contributed by atoms with Gasteiger partial charge in [-0.25, -0.2) is 23.0 Å². The monoisotopic (exact) mass is 469 g/mol. The number of fused-ring (bicyclic) bond motifs is 2. The first-order valence-corrected chi connectivity index (χ1v) is 12.2. The van der Waals surface area contributed by atoms with Crippen molar-refractivity contribution in [3.63, 3.8) is 0 Å². The molecule has 4 aromatic rings. The van der Waals surface area contributed by atoms with E-state index in [0.717, 1.165) is 4.57 Å². The molecular formula is C23H23N3O6S. The van der Waals surface area contributed by atoms with Gasteiger partial charge in [0.25, 0.3) is 0 Å². The average Bonchev–Trinajstić information content (AvgIpc) is 3.12. The van der Waals surface area contributed by atoms with Crippen molar-refractivity contribution < 1.29 is 22.7 Å². The molecule has 0 aliphatic carbocycles. The van der Waals surface area contributed by atoms with Crippen LogP contribution in [-0.2, 0) is 14.6 Å². The number of ether oxygens (including phenoxy) is 2. The van der Waals surface area contributed by atoms with E-state index in [9.17, 15) is 18.0 Å². The molecule has 2 aromatic heterocycles. The molecule has 33 heavy (non-hydrogen) atoms. The van der Waals surface area contributed by atoms with Gasteiger partial charge in [-0.1, -0.05) is 18.2 Å². The highest BCUT2D eigenvalue weighted by molar-refractivity contribution is 7.91. The minimum absolute atomic E-state index is 0.0544. The lowest BCUT2D eigenvalue weighted by Crippen LogP contribution is -2.25. The third-order valence-corrected chi connectivity index (χ3v) is 6.88. The number of benzene rings is 2. The van der Waals surface area contributed by atoms with Crippen molar-refractivity contribution >= 4 is 38.0 Å². The fourth-order valence-electron chi connectivity index (χ4n) is 3.46. The lowest BCUT2D eigenvalue weighted by Gasteiger charge is -2.08. The molecule has 0 amide bonds. The first-order valence-electron chi connectivity index (χ1n) is 10.5. The number of hydrogen-bond acceptors (Lipinski definition) is 7. The molecule has 0 atom stereocenters. The number of pyridine rings is 1. The zero-order chi connectivity index (χ0) is 23.4. The number of H-pyrrole nitrogens is 1. The summed E-state index contributed by atoms with van der Waals surface area (Å²) >= 11 is 0. The molecule has 0 bridgehead atoms. The van der Waals surface area contributed by atoms with E-state index < -0.39 is 21.6 Å². The van der Waals surface area contributed by atoms with Crippen LogP contribution in [0.2, 0.25) is 0 Å². The zero-order valence-corrected chi connectivity index (χ0v) is 18.8. The Balaban J connectivity index is 1.43. The van der Waals surface area contributed by atoms with Crippen molar-refractivity contribution in [2.45, 2.75) is 24.7 Å². The van der Waals surface area contributed by atoms with Crippen molar-refractivity contribution in [1.29, 1.82) is 0 Å². The molecule has 0 radical (unpaired) electrons. The lowest BCUT2D eigenvalue weighted by molar-refractivity contribution is 0.154. The fourth-order valence-corrected chi connectivity index (χ4v) is 4.85. The second-order valence-corrected chi connectivity index (χ2v) is 9.47. The highest BCUT2D eigenvalue weighted by Gasteiger charge is 2.17. The van der Waals surface area contributed by atoms with Gasteiger partial charge < -0.3 is 9.47 Å². The Bertz CT molecular complexity index is 1460. The molecule has 4 rings (SSSR count). The zero-order valence-electron chi connectivity index (χ0n) is 18.0. The number of aromatic amines is 1. The third kappa shape index (κ3) is 4.90. The van der Waals surface area contributed by atoms with E-state index in [1.807, 2.05) is 0 Å². The minimum Gasteiger partial charge on any atom is -0.494 e. The van der Waals surface area contributed by atoms with E-state index >= 15 is 0 Å². The number of aromatic nitrogens is 3. The Kier molecular flexibility index (Phi) is 6.45. The first-order chi connectivity index (χ1) is 15.9. The van der Waals surface area contributed by atoms with Crippen LogP contribution in [0.3, 0.4) is 0 Å². The summed E-state index contributed by atoms with van der Waals surface area (Å²) in [7, 11) is -3.30. The smallest absolute Gasteiger partial charge is 0.422 e. The molecule has 0 spiro atoms. The first kappa shape index (κ1) is 22.5. The second kappa shape index (κ2) is 9.45. The fraction of sp³-hybridized carbons (Fsp3) is 0.261. The molecule has 2 heterocycles. The standard InChI is InChI=1S/C23H23N3O6S/c1-2-31-23(28)26-20-15-16-14-17(10-11-19(16)24-21(20)25-22(26)27)32-12-6-7-13-33(29,30)18-8-4-3-5-9-18/h3-5,8-11,14-15H,2,6-7,12-13H2,1H3,(H,24,25,27). The van der Waals surface area contributed by atoms with Crippen molar-refractivity contribution in [3.05, 3.63) is 65.1 Å². The van der Waals surface area contributed by atoms with E-state index in [2.05, 4.69) is 9.97 Å². The van der Waals surface area contributed by atoms with Crippen molar-refractivity contribution in [1.82, 2.24) is 14.5 Å². The van der Waals surface area contributed by atoms with Gasteiger partial charge in [0.1, 0.15) is 11.3 Å². The molecular weight excluding hydrogens is 446 g/mol. The second-order valence-electron chi connectivity index (χ2n) is 7.36. The number of nitrogens with zero attached hydrogens (tertiary/aromatic N) is 2. The number of carbonyl (C=O) groups excluding carboxylic acids is 1. The van der Waals surface area contributed by atoms with Gasteiger partial charge in [-0.2, -0.15) is 4.57 Å². The molecule has 10 heteroatoms. The Morgan fingerprint density at radius 2 is 1.88 bits per heavy atom. The maximum atomic E-state index is 12.3. The summed E-state index contributed by atoms with van der Waals surface area (Å²) in [5.41, 5.74) is 0.609. The number of carbonyl (C=O) groups is 1. The van der Waals surface area contributed by atoms with Crippen LogP contribution in [0.5, 0.6) is 5.75 Å². The van der Waals surface area contributed by atoms with E-state index in [1.165, 1.54) is 0 Å². The average molecular weight is 470 g/mol. The highest BCUT2D eigenvalue weighted by Crippen LogP contribution is 2.23. The van der Waals surface area contributed by atoms with Crippen LogP contribution >= 0.6 is 0 Å². The third-order valence-electron chi connectivity index (χ3n) is 5.06. The SMILES string of the molecule is CCOC(=O)n1c(=O)[nH]c2nc3ccc(OCCCCS(=O)(=O)c4ccccc4)cc3cc21. The van der Waals surface area contributed by atoms with Gasteiger partial charge in [0.15, 0.2) is 15.5 Å². The summed E-state index contributed by atoms with van der Waals surface area (Å²) < 4.78 is 36.3. The van der Waals surface area contributed by atoms with Crippen LogP contribution in [0.15, 0.2) is 64.3 Å². The summed E-state index contributed by atoms with van der Waals surface area (Å²) in [6, 6.07) is 15.3. The number of hydrogen-bond donors (Lipinski definition) is 1. The Labute approximate surface area is 189 Å². The number of nitrogens with one attached hydrogen (secondary N) is 1. The van der Waals surface area contributed by atoms with Crippen molar-refractivity contribution in [3.8, 4) is 5.75 Å². The quantitative estimate of drug-likeness (QED) is 0.392. The summed E-state index contributed by atoms with van der Waals surface area (Å²) in [5, 5.41) is 0.684. The van der Waals surface area contributed by atoms with Crippen LogP contribution in [0.1, 0.15) is 19.8 Å². The van der Waals surface area contributed by atoms with Crippen molar-refractivity contribution in [2.24, 2.45) is 0 Å². The van der Waals surface area contributed by atoms with E-state index in [4.69, 9.17) is 9.47 Å². The van der Waals surface area contributed by atoms with Gasteiger partial charge in [0, 0.05) is 5.39 Å². The van der Waals surface area contributed by atoms with Gasteiger partial charge in [-0.3, -0.25) is 4.98 Å². The molecule has 0 saturated carbocycles. The Hall–Kier alpha value is -3.66. The van der Waals surface area contributed by atoms with Crippen molar-refractivity contribution in [2.75, 3.05) is 19.0 Å². The van der Waals surface area contributed by atoms with Crippen LogP contribution in [0.25, 0.3) is 22.1 Å². The molecule has 9 nitrogen and oxygen atoms in total. The van der Waals surface area contributed by atoms with Gasteiger partial charge in [-0.15, -0.1) is 0 Å². The van der Waals surface area contributed by atoms with E-state index in [-0.39, 0.29) is 18.0 Å². The van der Waals surface area contributed by atoms with Gasteiger partial charge in [-0.05, 0) is 56.2 Å². The number of unbranched alkanes of at least 4 members (excludes halogenated alkanes) is 1. The molecule has 0 saturated heterocycles. The summed E-state index contributed by atoms with van der Waals surface area (Å²) in [5.74, 6) is 0.633. The number of imidazole rings is 1. The molecule has 172 valence electrons. The molecule has 0 aliphatic rings. The molecule has 1 N–H and O–H groups in total. The predicted octanol–water partition coefficient (Wildman–Crippen LogP) is 3.52. The van der Waals surface area contributed by atoms with Crippen LogP contribution in [-0.4, -0.2) is 48.0 Å². The summed E-state index contributed by atoms with van der Waals surface area (Å²) in [4.78, 5) is 31.6. The van der Waals surface area contributed by atoms with E-state index in [1.54, 1.807) is 61.5 Å². The van der Waals surface area contributed by atoms with Gasteiger partial charge >= 0.3 is 11.8 Å². The Morgan fingerprint density at radius 1 is 1.09 bits per heavy atom. The number of sulfone groups is 1. The lowest BCUT2D eigenvalue weighted by atomic mass is 10.2. The molecule has 0 unspecified atom stereocenters. The van der Waals surface area contributed by atoms with Gasteiger partial charge in [0.2, 0.25) is 0 Å². The summed E-state index contributed by atoms with van der Waals surface area (Å²) in [6.45, 7) is 2.15. The Morgan fingerprint density at radius 3 is 2.64 bits per heavy atom. The van der Waals surface area contributed by atoms with E-state index in [0.29, 0.717) is 46.5 Å². The maximum Gasteiger partial charge on any atom is 0.422 e. The molecule has 2 aromatic carbocycles. The minimum atomic E-state index is -3.30. The normalized spacial score (nSPS) is 11.7. The van der Waals surface area contributed by atoms with Crippen LogP contribution in [0, 0.1) is 0 Å². The van der Waals surface area contributed by atoms with Crippen LogP contribution < -0.4 is 10.4 Å². The highest BCUT2D eigenvalue weighted by atomic mass is 32.2. The topological polar surface area (TPSA) is 120 Å². The number of rotatable bonds is 8. The molecule has 0 aliphatic heterocycles.